The Bertz CT molecular complexity index is 1100. The first-order chi connectivity index (χ1) is 14.0. The number of phenolic OH excluding ortho intramolecular Hbond substituents is 1. The number of H-pyrrole nitrogens is 1. The maximum Gasteiger partial charge on any atom is 0.345 e. The minimum Gasteiger partial charge on any atom is -0.508 e. The number of hydrogen-bond donors (Lipinski definition) is 3. The van der Waals surface area contributed by atoms with E-state index < -0.39 is 5.69 Å². The number of nitrogens with zero attached hydrogens (tertiary/aromatic N) is 1. The minimum absolute atomic E-state index is 0.0215. The number of carbonyl (C=O) groups excluding carboxylic acids is 1. The monoisotopic (exact) mass is 391 g/mol. The molecule has 0 radical (unpaired) electrons. The second-order valence-electron chi connectivity index (χ2n) is 7.14. The van der Waals surface area contributed by atoms with Gasteiger partial charge in [0.2, 0.25) is 0 Å². The number of hydrogen-bond acceptors (Lipinski definition) is 5. The highest BCUT2D eigenvalue weighted by molar-refractivity contribution is 5.78. The summed E-state index contributed by atoms with van der Waals surface area (Å²) >= 11 is 0. The third kappa shape index (κ3) is 4.63. The number of aromatic hydroxyl groups is 1. The Morgan fingerprint density at radius 2 is 1.90 bits per heavy atom. The minimum atomic E-state index is -0.458. The van der Waals surface area contributed by atoms with Crippen LogP contribution in [0.5, 0.6) is 11.5 Å². The maximum atomic E-state index is 12.1. The topological polar surface area (TPSA) is 104 Å². The first kappa shape index (κ1) is 18.7. The van der Waals surface area contributed by atoms with Gasteiger partial charge in [-0.2, -0.15) is 4.98 Å². The molecule has 1 aliphatic carbocycles. The molecule has 7 heteroatoms. The molecule has 2 aromatic carbocycles. The molecule has 1 aromatic heterocycles. The van der Waals surface area contributed by atoms with E-state index in [0.717, 1.165) is 24.0 Å². The molecule has 0 spiro atoms. The molecule has 1 aliphatic rings. The van der Waals surface area contributed by atoms with Crippen LogP contribution in [0.25, 0.3) is 22.5 Å². The van der Waals surface area contributed by atoms with E-state index in [9.17, 15) is 14.7 Å². The van der Waals surface area contributed by atoms with E-state index in [2.05, 4.69) is 15.3 Å². The molecule has 7 nitrogen and oxygen atoms in total. The summed E-state index contributed by atoms with van der Waals surface area (Å²) in [6.07, 6.45) is 2.08. The third-order valence-electron chi connectivity index (χ3n) is 4.71. The van der Waals surface area contributed by atoms with Crippen molar-refractivity contribution in [2.75, 3.05) is 6.61 Å². The van der Waals surface area contributed by atoms with Crippen molar-refractivity contribution in [3.05, 3.63) is 64.6 Å². The fraction of sp³-hybridized carbons (Fsp3) is 0.227. The summed E-state index contributed by atoms with van der Waals surface area (Å²) < 4.78 is 5.51. The van der Waals surface area contributed by atoms with Gasteiger partial charge in [-0.05, 0) is 79.4 Å². The zero-order valence-electron chi connectivity index (χ0n) is 15.9. The lowest BCUT2D eigenvalue weighted by Crippen LogP contribution is -2.30. The zero-order valence-corrected chi connectivity index (χ0v) is 15.9. The molecule has 4 rings (SSSR count). The number of aromatic nitrogens is 2. The molecule has 29 heavy (non-hydrogen) atoms. The second kappa shape index (κ2) is 7.79. The number of phenols is 1. The third-order valence-corrected chi connectivity index (χ3v) is 4.71. The van der Waals surface area contributed by atoms with Crippen molar-refractivity contribution in [3.63, 3.8) is 0 Å². The Morgan fingerprint density at radius 3 is 2.59 bits per heavy atom. The van der Waals surface area contributed by atoms with Crippen molar-refractivity contribution in [1.29, 1.82) is 0 Å². The van der Waals surface area contributed by atoms with Crippen LogP contribution in [-0.4, -0.2) is 33.6 Å². The highest BCUT2D eigenvalue weighted by atomic mass is 16.5. The number of nitrogens with one attached hydrogen (secondary N) is 2. The van der Waals surface area contributed by atoms with E-state index in [1.54, 1.807) is 43.3 Å². The van der Waals surface area contributed by atoms with Crippen molar-refractivity contribution >= 4 is 5.91 Å². The standard InChI is InChI=1S/C22H21N3O4/c1-13-10-15(4-9-20(13)26)19-11-18(24-22(28)25-19)14-2-7-17(8-3-14)29-12-21(27)23-16-5-6-16/h2-4,7-11,16,26H,5-6,12H2,1H3,(H,23,27)(H,24,25,28). The largest absolute Gasteiger partial charge is 0.508 e. The lowest BCUT2D eigenvalue weighted by molar-refractivity contribution is -0.123. The van der Waals surface area contributed by atoms with Crippen LogP contribution >= 0.6 is 0 Å². The second-order valence-corrected chi connectivity index (χ2v) is 7.14. The molecule has 1 amide bonds. The van der Waals surface area contributed by atoms with Gasteiger partial charge in [-0.3, -0.25) is 4.79 Å². The Balaban J connectivity index is 1.51. The van der Waals surface area contributed by atoms with E-state index in [0.29, 0.717) is 28.7 Å². The summed E-state index contributed by atoms with van der Waals surface area (Å²) in [5.41, 5.74) is 2.91. The summed E-state index contributed by atoms with van der Waals surface area (Å²) in [7, 11) is 0. The Labute approximate surface area is 167 Å². The van der Waals surface area contributed by atoms with Crippen molar-refractivity contribution in [2.45, 2.75) is 25.8 Å². The predicted octanol–water partition coefficient (Wildman–Crippen LogP) is 2.78. The lowest BCUT2D eigenvalue weighted by Gasteiger charge is -2.09. The molecule has 1 fully saturated rings. The predicted molar refractivity (Wildman–Crippen MR) is 109 cm³/mol. The van der Waals surface area contributed by atoms with Crippen LogP contribution in [0.1, 0.15) is 18.4 Å². The van der Waals surface area contributed by atoms with Gasteiger partial charge in [-0.1, -0.05) is 0 Å². The van der Waals surface area contributed by atoms with E-state index in [4.69, 9.17) is 4.74 Å². The average molecular weight is 391 g/mol. The van der Waals surface area contributed by atoms with E-state index in [1.807, 2.05) is 12.1 Å². The van der Waals surface area contributed by atoms with Gasteiger partial charge in [-0.25, -0.2) is 4.79 Å². The Kier molecular flexibility index (Phi) is 5.03. The highest BCUT2D eigenvalue weighted by Crippen LogP contribution is 2.26. The molecule has 3 N–H and O–H groups in total. The van der Waals surface area contributed by atoms with Crippen LogP contribution < -0.4 is 15.7 Å². The first-order valence-electron chi connectivity index (χ1n) is 9.42. The van der Waals surface area contributed by atoms with Crippen molar-refractivity contribution in [1.82, 2.24) is 15.3 Å². The van der Waals surface area contributed by atoms with E-state index >= 15 is 0 Å². The highest BCUT2D eigenvalue weighted by Gasteiger charge is 2.23. The number of carbonyl (C=O) groups is 1. The summed E-state index contributed by atoms with van der Waals surface area (Å²) in [5, 5.41) is 12.6. The molecular weight excluding hydrogens is 370 g/mol. The van der Waals surface area contributed by atoms with Gasteiger partial charge in [0.05, 0.1) is 11.4 Å². The van der Waals surface area contributed by atoms with Crippen LogP contribution in [0, 0.1) is 6.92 Å². The number of ether oxygens (including phenoxy) is 1. The van der Waals surface area contributed by atoms with Gasteiger partial charge >= 0.3 is 5.69 Å². The molecule has 1 heterocycles. The number of rotatable bonds is 6. The first-order valence-corrected chi connectivity index (χ1v) is 9.42. The summed E-state index contributed by atoms with van der Waals surface area (Å²) in [6, 6.07) is 14.3. The van der Waals surface area contributed by atoms with Gasteiger partial charge in [0, 0.05) is 11.6 Å². The summed E-state index contributed by atoms with van der Waals surface area (Å²) in [4.78, 5) is 30.5. The molecular formula is C22H21N3O4. The summed E-state index contributed by atoms with van der Waals surface area (Å²) in [5.74, 6) is 0.648. The average Bonchev–Trinajstić information content (AvgIpc) is 3.52. The molecule has 3 aromatic rings. The van der Waals surface area contributed by atoms with Gasteiger partial charge < -0.3 is 20.1 Å². The fourth-order valence-electron chi connectivity index (χ4n) is 2.95. The van der Waals surface area contributed by atoms with Crippen molar-refractivity contribution < 1.29 is 14.6 Å². The lowest BCUT2D eigenvalue weighted by atomic mass is 10.1. The molecule has 1 saturated carbocycles. The van der Waals surface area contributed by atoms with Gasteiger partial charge in [0.1, 0.15) is 11.5 Å². The van der Waals surface area contributed by atoms with Gasteiger partial charge in [-0.15, -0.1) is 0 Å². The molecule has 0 atom stereocenters. The normalized spacial score (nSPS) is 13.1. The Hall–Kier alpha value is -3.61. The van der Waals surface area contributed by atoms with Gasteiger partial charge in [0.25, 0.3) is 5.91 Å². The molecule has 0 unspecified atom stereocenters. The zero-order chi connectivity index (χ0) is 20.4. The number of aromatic amines is 1. The van der Waals surface area contributed by atoms with Crippen molar-refractivity contribution in [3.8, 4) is 34.0 Å². The smallest absolute Gasteiger partial charge is 0.345 e. The quantitative estimate of drug-likeness (QED) is 0.599. The van der Waals surface area contributed by atoms with Crippen LogP contribution in [0.3, 0.4) is 0 Å². The van der Waals surface area contributed by atoms with E-state index in [-0.39, 0.29) is 18.3 Å². The molecule has 0 aliphatic heterocycles. The number of amides is 1. The maximum absolute atomic E-state index is 12.1. The van der Waals surface area contributed by atoms with Crippen LogP contribution in [-0.2, 0) is 4.79 Å². The van der Waals surface area contributed by atoms with Crippen LogP contribution in [0.2, 0.25) is 0 Å². The molecule has 148 valence electrons. The van der Waals surface area contributed by atoms with Gasteiger partial charge in [0.15, 0.2) is 6.61 Å². The van der Waals surface area contributed by atoms with E-state index in [1.165, 1.54) is 0 Å². The van der Waals surface area contributed by atoms with Crippen LogP contribution in [0.15, 0.2) is 53.3 Å². The Morgan fingerprint density at radius 1 is 1.17 bits per heavy atom. The summed E-state index contributed by atoms with van der Waals surface area (Å²) in [6.45, 7) is 1.77. The number of aryl methyl sites for hydroxylation is 1. The van der Waals surface area contributed by atoms with Crippen LogP contribution in [0.4, 0.5) is 0 Å². The SMILES string of the molecule is Cc1cc(-c2cc(-c3ccc(OCC(=O)NC4CC4)cc3)[nH]c(=O)n2)ccc1O. The number of benzene rings is 2. The molecule has 0 bridgehead atoms. The van der Waals surface area contributed by atoms with Crippen molar-refractivity contribution in [2.24, 2.45) is 0 Å². The molecule has 0 saturated heterocycles. The fourth-order valence-corrected chi connectivity index (χ4v) is 2.95.